The van der Waals surface area contributed by atoms with Gasteiger partial charge in [-0.2, -0.15) is 0 Å². The molecule has 3 rings (SSSR count). The van der Waals surface area contributed by atoms with Crippen LogP contribution in [0.1, 0.15) is 41.6 Å². The average molecular weight is 431 g/mol. The number of ether oxygens (including phenoxy) is 1. The molecule has 5 heteroatoms. The lowest BCUT2D eigenvalue weighted by Crippen LogP contribution is -2.29. The number of likely N-dealkylation sites (tertiary alicyclic amines) is 1. The van der Waals surface area contributed by atoms with Gasteiger partial charge in [-0.3, -0.25) is 9.69 Å². The molecule has 1 aliphatic rings. The van der Waals surface area contributed by atoms with Crippen molar-refractivity contribution in [2.45, 2.75) is 32.2 Å². The number of nitrogens with zero attached hydrogens (tertiary/aromatic N) is 1. The maximum atomic E-state index is 12.1. The van der Waals surface area contributed by atoms with Crippen molar-refractivity contribution in [1.29, 1.82) is 0 Å². The smallest absolute Gasteiger partial charge is 0.251 e. The van der Waals surface area contributed by atoms with E-state index in [0.717, 1.165) is 23.2 Å². The number of carbonyl (C=O) groups excluding carboxylic acids is 1. The second-order valence-electron chi connectivity index (χ2n) is 6.95. The van der Waals surface area contributed by atoms with E-state index in [2.05, 4.69) is 44.3 Å². The summed E-state index contributed by atoms with van der Waals surface area (Å²) in [6.07, 6.45) is 4.75. The van der Waals surface area contributed by atoms with Gasteiger partial charge < -0.3 is 10.1 Å². The molecule has 0 saturated carbocycles. The fourth-order valence-electron chi connectivity index (χ4n) is 3.28. The molecule has 0 atom stereocenters. The van der Waals surface area contributed by atoms with Crippen LogP contribution in [-0.4, -0.2) is 37.0 Å². The standard InChI is InChI=1S/C22H27BrN2O2/c23-20-10-8-19(9-11-20)22(26)24-12-5-15-27-21-7-4-6-18(16-21)17-25-13-2-1-3-14-25/h4,6-11,16H,1-3,5,12-15,17H2,(H,24,26). The van der Waals surface area contributed by atoms with E-state index >= 15 is 0 Å². The second-order valence-corrected chi connectivity index (χ2v) is 7.86. The summed E-state index contributed by atoms with van der Waals surface area (Å²) in [4.78, 5) is 14.6. The number of benzene rings is 2. The fraction of sp³-hybridized carbons (Fsp3) is 0.409. The molecule has 4 nitrogen and oxygen atoms in total. The highest BCUT2D eigenvalue weighted by Gasteiger charge is 2.10. The molecule has 1 fully saturated rings. The molecule has 1 amide bonds. The van der Waals surface area contributed by atoms with Crippen LogP contribution >= 0.6 is 15.9 Å². The Kier molecular flexibility index (Phi) is 7.72. The van der Waals surface area contributed by atoms with Crippen LogP contribution in [0.4, 0.5) is 0 Å². The van der Waals surface area contributed by atoms with Crippen LogP contribution in [0.2, 0.25) is 0 Å². The number of hydrogen-bond acceptors (Lipinski definition) is 3. The number of amides is 1. The molecule has 0 aromatic heterocycles. The van der Waals surface area contributed by atoms with Crippen molar-refractivity contribution in [1.82, 2.24) is 10.2 Å². The van der Waals surface area contributed by atoms with Crippen molar-refractivity contribution in [3.05, 3.63) is 64.1 Å². The molecule has 0 radical (unpaired) electrons. The van der Waals surface area contributed by atoms with Gasteiger partial charge in [-0.1, -0.05) is 34.5 Å². The van der Waals surface area contributed by atoms with Crippen LogP contribution < -0.4 is 10.1 Å². The van der Waals surface area contributed by atoms with Gasteiger partial charge in [0, 0.05) is 23.1 Å². The maximum Gasteiger partial charge on any atom is 0.251 e. The molecule has 1 aliphatic heterocycles. The fourth-order valence-corrected chi connectivity index (χ4v) is 3.54. The molecule has 144 valence electrons. The van der Waals surface area contributed by atoms with Crippen LogP contribution in [0.15, 0.2) is 53.0 Å². The third-order valence-electron chi connectivity index (χ3n) is 4.74. The quantitative estimate of drug-likeness (QED) is 0.620. The van der Waals surface area contributed by atoms with Crippen LogP contribution in [0.25, 0.3) is 0 Å². The van der Waals surface area contributed by atoms with E-state index in [1.165, 1.54) is 37.9 Å². The van der Waals surface area contributed by atoms with Crippen LogP contribution in [0.5, 0.6) is 5.75 Å². The van der Waals surface area contributed by atoms with Gasteiger partial charge in [-0.15, -0.1) is 0 Å². The lowest BCUT2D eigenvalue weighted by Gasteiger charge is -2.26. The second kappa shape index (κ2) is 10.5. The third kappa shape index (κ3) is 6.67. The Bertz CT molecular complexity index is 727. The molecule has 0 spiro atoms. The highest BCUT2D eigenvalue weighted by molar-refractivity contribution is 9.10. The lowest BCUT2D eigenvalue weighted by molar-refractivity contribution is 0.0951. The number of carbonyl (C=O) groups is 1. The predicted octanol–water partition coefficient (Wildman–Crippen LogP) is 4.63. The van der Waals surface area contributed by atoms with E-state index in [9.17, 15) is 4.79 Å². The van der Waals surface area contributed by atoms with Gasteiger partial charge in [-0.25, -0.2) is 0 Å². The summed E-state index contributed by atoms with van der Waals surface area (Å²) in [6, 6.07) is 15.7. The molecular formula is C22H27BrN2O2. The van der Waals surface area contributed by atoms with Crippen molar-refractivity contribution in [3.63, 3.8) is 0 Å². The van der Waals surface area contributed by atoms with Gasteiger partial charge in [0.25, 0.3) is 5.91 Å². The Morgan fingerprint density at radius 1 is 1.07 bits per heavy atom. The Balaban J connectivity index is 1.37. The molecule has 27 heavy (non-hydrogen) atoms. The first kappa shape index (κ1) is 19.9. The molecule has 1 saturated heterocycles. The zero-order valence-corrected chi connectivity index (χ0v) is 17.2. The molecular weight excluding hydrogens is 404 g/mol. The zero-order chi connectivity index (χ0) is 18.9. The molecule has 0 unspecified atom stereocenters. The summed E-state index contributed by atoms with van der Waals surface area (Å²) in [5.74, 6) is 0.856. The number of hydrogen-bond donors (Lipinski definition) is 1. The van der Waals surface area contributed by atoms with Crippen LogP contribution in [0, 0.1) is 0 Å². The summed E-state index contributed by atoms with van der Waals surface area (Å²) in [5, 5.41) is 2.93. The Morgan fingerprint density at radius 2 is 1.85 bits per heavy atom. The van der Waals surface area contributed by atoms with Gasteiger partial charge in [-0.05, 0) is 74.3 Å². The van der Waals surface area contributed by atoms with Gasteiger partial charge in [0.1, 0.15) is 5.75 Å². The Morgan fingerprint density at radius 3 is 2.63 bits per heavy atom. The molecule has 2 aromatic rings. The summed E-state index contributed by atoms with van der Waals surface area (Å²) < 4.78 is 6.83. The third-order valence-corrected chi connectivity index (χ3v) is 5.26. The van der Waals surface area contributed by atoms with Crippen molar-refractivity contribution in [2.24, 2.45) is 0 Å². The average Bonchev–Trinajstić information content (AvgIpc) is 2.69. The largest absolute Gasteiger partial charge is 0.494 e. The van der Waals surface area contributed by atoms with E-state index in [1.807, 2.05) is 30.3 Å². The van der Waals surface area contributed by atoms with Gasteiger partial charge >= 0.3 is 0 Å². The van der Waals surface area contributed by atoms with Crippen molar-refractivity contribution < 1.29 is 9.53 Å². The van der Waals surface area contributed by atoms with Gasteiger partial charge in [0.15, 0.2) is 0 Å². The first-order valence-corrected chi connectivity index (χ1v) is 10.5. The monoisotopic (exact) mass is 430 g/mol. The van der Waals surface area contributed by atoms with E-state index in [4.69, 9.17) is 4.74 Å². The van der Waals surface area contributed by atoms with Crippen molar-refractivity contribution in [2.75, 3.05) is 26.2 Å². The molecule has 2 aromatic carbocycles. The van der Waals surface area contributed by atoms with Crippen LogP contribution in [0.3, 0.4) is 0 Å². The van der Waals surface area contributed by atoms with Crippen molar-refractivity contribution >= 4 is 21.8 Å². The lowest BCUT2D eigenvalue weighted by atomic mass is 10.1. The minimum Gasteiger partial charge on any atom is -0.494 e. The molecule has 1 N–H and O–H groups in total. The number of nitrogens with one attached hydrogen (secondary N) is 1. The first-order chi connectivity index (χ1) is 13.2. The van der Waals surface area contributed by atoms with Gasteiger partial charge in [0.2, 0.25) is 0 Å². The highest BCUT2D eigenvalue weighted by Crippen LogP contribution is 2.17. The van der Waals surface area contributed by atoms with E-state index in [1.54, 1.807) is 0 Å². The highest BCUT2D eigenvalue weighted by atomic mass is 79.9. The molecule has 1 heterocycles. The first-order valence-electron chi connectivity index (χ1n) is 9.68. The van der Waals surface area contributed by atoms with Gasteiger partial charge in [0.05, 0.1) is 6.61 Å². The number of piperidine rings is 1. The minimum atomic E-state index is -0.0500. The topological polar surface area (TPSA) is 41.6 Å². The summed E-state index contributed by atoms with van der Waals surface area (Å²) in [5.41, 5.74) is 1.97. The normalized spacial score (nSPS) is 14.7. The SMILES string of the molecule is O=C(NCCCOc1cccc(CN2CCCCC2)c1)c1ccc(Br)cc1. The van der Waals surface area contributed by atoms with Crippen molar-refractivity contribution in [3.8, 4) is 5.75 Å². The molecule has 0 bridgehead atoms. The minimum absolute atomic E-state index is 0.0500. The number of rotatable bonds is 8. The van der Waals surface area contributed by atoms with E-state index < -0.39 is 0 Å². The Labute approximate surface area is 170 Å². The summed E-state index contributed by atoms with van der Waals surface area (Å²) >= 11 is 3.37. The summed E-state index contributed by atoms with van der Waals surface area (Å²) in [6.45, 7) is 4.59. The van der Waals surface area contributed by atoms with Crippen LogP contribution in [-0.2, 0) is 6.54 Å². The summed E-state index contributed by atoms with van der Waals surface area (Å²) in [7, 11) is 0. The molecule has 0 aliphatic carbocycles. The number of halogens is 1. The van der Waals surface area contributed by atoms with E-state index in [-0.39, 0.29) is 5.91 Å². The maximum absolute atomic E-state index is 12.1. The zero-order valence-electron chi connectivity index (χ0n) is 15.6. The Hall–Kier alpha value is -1.85. The van der Waals surface area contributed by atoms with E-state index in [0.29, 0.717) is 18.7 Å². The predicted molar refractivity (Wildman–Crippen MR) is 112 cm³/mol.